The number of esters is 1. The van der Waals surface area contributed by atoms with Crippen LogP contribution in [0.5, 0.6) is 5.75 Å². The van der Waals surface area contributed by atoms with Crippen LogP contribution in [0.1, 0.15) is 56.1 Å². The van der Waals surface area contributed by atoms with Crippen molar-refractivity contribution >= 4 is 33.6 Å². The molecule has 1 aromatic carbocycles. The van der Waals surface area contributed by atoms with Crippen molar-refractivity contribution in [1.29, 1.82) is 0 Å². The third kappa shape index (κ3) is 8.26. The summed E-state index contributed by atoms with van der Waals surface area (Å²) in [5.74, 6) is -0.820. The van der Waals surface area contributed by atoms with E-state index >= 15 is 0 Å². The molecule has 1 saturated heterocycles. The van der Waals surface area contributed by atoms with Crippen LogP contribution in [-0.2, 0) is 35.8 Å². The normalized spacial score (nSPS) is 19.7. The van der Waals surface area contributed by atoms with Gasteiger partial charge in [-0.15, -0.1) is 0 Å². The molecule has 0 bridgehead atoms. The minimum atomic E-state index is -3.97. The van der Waals surface area contributed by atoms with E-state index in [1.807, 2.05) is 0 Å². The summed E-state index contributed by atoms with van der Waals surface area (Å²) in [6.07, 6.45) is 4.21. The minimum absolute atomic E-state index is 0.0233. The van der Waals surface area contributed by atoms with Gasteiger partial charge in [0.15, 0.2) is 0 Å². The summed E-state index contributed by atoms with van der Waals surface area (Å²) in [5.41, 5.74) is 2.41. The van der Waals surface area contributed by atoms with E-state index in [0.717, 1.165) is 18.4 Å². The Morgan fingerprint density at radius 2 is 1.98 bits per heavy atom. The number of hydrogen-bond acceptors (Lipinski definition) is 8. The van der Waals surface area contributed by atoms with Crippen molar-refractivity contribution < 1.29 is 36.8 Å². The van der Waals surface area contributed by atoms with E-state index in [9.17, 15) is 18.0 Å². The lowest BCUT2D eigenvalue weighted by atomic mass is 9.84. The van der Waals surface area contributed by atoms with Crippen LogP contribution in [-0.4, -0.2) is 66.3 Å². The van der Waals surface area contributed by atoms with Crippen LogP contribution in [0, 0.1) is 0 Å². The molecule has 4 rings (SSSR count). The summed E-state index contributed by atoms with van der Waals surface area (Å²) >= 11 is 5.97. The molecule has 12 heteroatoms. The molecule has 1 fully saturated rings. The smallest absolute Gasteiger partial charge is 0.336 e. The Morgan fingerprint density at radius 1 is 1.20 bits per heavy atom. The molecule has 0 radical (unpaired) electrons. The fourth-order valence-electron chi connectivity index (χ4n) is 4.86. The Morgan fingerprint density at radius 3 is 2.62 bits per heavy atom. The number of benzene rings is 1. The molecule has 2 aliphatic rings. The van der Waals surface area contributed by atoms with Gasteiger partial charge < -0.3 is 19.1 Å². The van der Waals surface area contributed by atoms with Crippen molar-refractivity contribution in [3.63, 3.8) is 0 Å². The predicted molar refractivity (Wildman–Crippen MR) is 147 cm³/mol. The zero-order chi connectivity index (χ0) is 28.7. The number of rotatable bonds is 12. The van der Waals surface area contributed by atoms with Crippen molar-refractivity contribution in [2.24, 2.45) is 0 Å². The summed E-state index contributed by atoms with van der Waals surface area (Å²) in [6.45, 7) is 3.15. The van der Waals surface area contributed by atoms with Gasteiger partial charge in [0, 0.05) is 30.8 Å². The molecular weight excluding hydrogens is 560 g/mol. The van der Waals surface area contributed by atoms with Crippen LogP contribution in [0.3, 0.4) is 0 Å². The van der Waals surface area contributed by atoms with Crippen LogP contribution in [0.4, 0.5) is 0 Å². The Labute approximate surface area is 239 Å². The first-order valence-corrected chi connectivity index (χ1v) is 15.2. The highest BCUT2D eigenvalue weighted by Gasteiger charge is 2.38. The second-order valence-electron chi connectivity index (χ2n) is 9.87. The second-order valence-corrected chi connectivity index (χ2v) is 11.8. The van der Waals surface area contributed by atoms with Gasteiger partial charge in [-0.25, -0.2) is 9.78 Å². The largest absolute Gasteiger partial charge is 0.494 e. The van der Waals surface area contributed by atoms with Crippen LogP contribution >= 0.6 is 11.6 Å². The third-order valence-corrected chi connectivity index (χ3v) is 7.99. The second kappa shape index (κ2) is 13.6. The third-order valence-electron chi connectivity index (χ3n) is 6.96. The number of carbonyl (C=O) groups is 2. The number of hydrogen-bond donors (Lipinski definition) is 1. The van der Waals surface area contributed by atoms with E-state index < -0.39 is 22.0 Å². The number of amides is 1. The highest BCUT2D eigenvalue weighted by molar-refractivity contribution is 7.85. The lowest BCUT2D eigenvalue weighted by Crippen LogP contribution is -2.42. The quantitative estimate of drug-likeness (QED) is 0.166. The molecule has 1 N–H and O–H groups in total. The van der Waals surface area contributed by atoms with Crippen LogP contribution in [0.25, 0.3) is 0 Å². The number of carbonyl (C=O) groups excluding carboxylic acids is 2. The number of halogens is 1. The number of ether oxygens (including phenoxy) is 3. The molecule has 40 heavy (non-hydrogen) atoms. The van der Waals surface area contributed by atoms with E-state index in [0.29, 0.717) is 60.3 Å². The molecule has 10 nitrogen and oxygen atoms in total. The van der Waals surface area contributed by atoms with E-state index in [2.05, 4.69) is 4.98 Å². The molecule has 0 saturated carbocycles. The highest BCUT2D eigenvalue weighted by atomic mass is 35.5. The molecule has 216 valence electrons. The van der Waals surface area contributed by atoms with E-state index in [4.69, 9.17) is 30.4 Å². The Hall–Kier alpha value is -2.99. The summed E-state index contributed by atoms with van der Waals surface area (Å²) < 4.78 is 47.4. The molecular formula is C28H33ClN2O8S. The number of allylic oxidation sites excluding steroid dienone is 1. The molecule has 2 aromatic rings. The number of pyridine rings is 1. The summed E-state index contributed by atoms with van der Waals surface area (Å²) in [6, 6.07) is 10.4. The van der Waals surface area contributed by atoms with Gasteiger partial charge in [0.2, 0.25) is 5.91 Å². The first-order chi connectivity index (χ1) is 19.1. The van der Waals surface area contributed by atoms with E-state index in [1.54, 1.807) is 54.4 Å². The fraction of sp³-hybridized carbons (Fsp3) is 0.464. The molecule has 0 spiro atoms. The van der Waals surface area contributed by atoms with Gasteiger partial charge in [-0.1, -0.05) is 29.8 Å². The number of unbranched alkanes of at least 4 members (excludes halogenated alkanes) is 1. The summed E-state index contributed by atoms with van der Waals surface area (Å²) in [4.78, 5) is 32.4. The van der Waals surface area contributed by atoms with Gasteiger partial charge in [0.25, 0.3) is 10.1 Å². The maximum absolute atomic E-state index is 13.5. The van der Waals surface area contributed by atoms with Gasteiger partial charge in [-0.2, -0.15) is 8.42 Å². The average molecular weight is 593 g/mol. The number of nitrogens with zero attached hydrogens (tertiary/aromatic N) is 2. The first kappa shape index (κ1) is 30.0. The molecule has 0 unspecified atom stereocenters. The molecule has 1 aromatic heterocycles. The highest BCUT2D eigenvalue weighted by Crippen LogP contribution is 2.37. The molecule has 2 aliphatic heterocycles. The topological polar surface area (TPSA) is 132 Å². The molecule has 0 aliphatic carbocycles. The van der Waals surface area contributed by atoms with Crippen LogP contribution in [0.15, 0.2) is 53.9 Å². The molecule has 2 atom stereocenters. The Bertz CT molecular complexity index is 1320. The van der Waals surface area contributed by atoms with Gasteiger partial charge in [0.1, 0.15) is 17.5 Å². The number of aromatic nitrogens is 1. The van der Waals surface area contributed by atoms with Crippen molar-refractivity contribution in [2.75, 3.05) is 25.5 Å². The maximum atomic E-state index is 13.5. The lowest BCUT2D eigenvalue weighted by Gasteiger charge is -2.35. The van der Waals surface area contributed by atoms with Gasteiger partial charge >= 0.3 is 5.97 Å². The summed E-state index contributed by atoms with van der Waals surface area (Å²) in [7, 11) is -3.97. The monoisotopic (exact) mass is 592 g/mol. The first-order valence-electron chi connectivity index (χ1n) is 13.2. The summed E-state index contributed by atoms with van der Waals surface area (Å²) in [5, 5.41) is 0.321. The fourth-order valence-corrected chi connectivity index (χ4v) is 5.54. The van der Waals surface area contributed by atoms with Crippen molar-refractivity contribution in [1.82, 2.24) is 9.88 Å². The standard InChI is InChI=1S/C28H33ClN2O8S/c1-19-27(28(33)39-18-20-6-9-22(10-7-20)37-12-2-3-14-40(34,35)36)24(21-8-11-25(29)30-16-21)15-26(32)31(19)17-23-5-4-13-38-23/h6-11,16,23-24H,2-5,12-15,17-18H2,1H3,(H,34,35,36)/t23-,24+/m1/s1. The van der Waals surface area contributed by atoms with Gasteiger partial charge in [-0.05, 0) is 61.9 Å². The van der Waals surface area contributed by atoms with Crippen LogP contribution < -0.4 is 4.74 Å². The van der Waals surface area contributed by atoms with Crippen molar-refractivity contribution in [2.45, 2.75) is 57.7 Å². The average Bonchev–Trinajstić information content (AvgIpc) is 3.43. The Kier molecular flexibility index (Phi) is 10.2. The maximum Gasteiger partial charge on any atom is 0.336 e. The van der Waals surface area contributed by atoms with Crippen molar-refractivity contribution in [3.05, 3.63) is 70.1 Å². The van der Waals surface area contributed by atoms with Gasteiger partial charge in [-0.3, -0.25) is 9.35 Å². The molecule has 3 heterocycles. The van der Waals surface area contributed by atoms with E-state index in [1.165, 1.54) is 0 Å². The van der Waals surface area contributed by atoms with Gasteiger partial charge in [0.05, 0.1) is 30.6 Å². The lowest BCUT2D eigenvalue weighted by molar-refractivity contribution is -0.141. The van der Waals surface area contributed by atoms with Crippen LogP contribution in [0.2, 0.25) is 5.15 Å². The van der Waals surface area contributed by atoms with Crippen molar-refractivity contribution in [3.8, 4) is 5.75 Å². The minimum Gasteiger partial charge on any atom is -0.494 e. The molecule has 1 amide bonds. The zero-order valence-electron chi connectivity index (χ0n) is 22.3. The Balaban J connectivity index is 1.42. The SMILES string of the molecule is CC1=C(C(=O)OCc2ccc(OCCCCS(=O)(=O)O)cc2)[C@H](c2ccc(Cl)nc2)CC(=O)N1C[C@H]1CCCO1. The predicted octanol–water partition coefficient (Wildman–Crippen LogP) is 4.29. The van der Waals surface area contributed by atoms with E-state index in [-0.39, 0.29) is 30.8 Å². The zero-order valence-corrected chi connectivity index (χ0v) is 23.8.